The molecule has 14 nitrogen and oxygen atoms in total. The summed E-state index contributed by atoms with van der Waals surface area (Å²) in [4.78, 5) is 54.6. The molecule has 2 aromatic carbocycles. The largest absolute Gasteiger partial charge is 0.477 e. The van der Waals surface area contributed by atoms with E-state index in [1.54, 1.807) is 23.0 Å². The number of aromatic nitrogens is 5. The first kappa shape index (κ1) is 39.2. The van der Waals surface area contributed by atoms with Gasteiger partial charge in [-0.1, -0.05) is 0 Å². The van der Waals surface area contributed by atoms with Crippen molar-refractivity contribution in [3.63, 3.8) is 0 Å². The molecule has 2 N–H and O–H groups in total. The maximum absolute atomic E-state index is 15.3. The fourth-order valence-electron chi connectivity index (χ4n) is 10.3. The molecule has 3 aromatic heterocycles. The number of carbonyl (C=O) groups excluding carboxylic acids is 3. The number of ether oxygens (including phenoxy) is 1. The molecule has 1 saturated carbocycles. The zero-order valence-corrected chi connectivity index (χ0v) is 34.5. The fourth-order valence-corrected chi connectivity index (χ4v) is 10.3. The number of hydrogen-bond donors (Lipinski definition) is 2. The zero-order valence-electron chi connectivity index (χ0n) is 34.5. The van der Waals surface area contributed by atoms with E-state index in [-0.39, 0.29) is 24.3 Å². The quantitative estimate of drug-likeness (QED) is 0.214. The summed E-state index contributed by atoms with van der Waals surface area (Å²) >= 11 is 0. The molecule has 3 atom stereocenters. The van der Waals surface area contributed by atoms with Crippen LogP contribution in [0.4, 0.5) is 26.1 Å². The Labute approximate surface area is 352 Å². The molecule has 3 amide bonds. The molecule has 61 heavy (non-hydrogen) atoms. The van der Waals surface area contributed by atoms with Gasteiger partial charge in [0, 0.05) is 93.5 Å². The van der Waals surface area contributed by atoms with Gasteiger partial charge in [0.05, 0.1) is 41.0 Å². The van der Waals surface area contributed by atoms with E-state index in [4.69, 9.17) is 14.7 Å². The fraction of sp³-hybridized carbons (Fsp3) is 0.467. The van der Waals surface area contributed by atoms with Crippen LogP contribution in [0.15, 0.2) is 48.7 Å². The van der Waals surface area contributed by atoms with Crippen molar-refractivity contribution in [3.8, 4) is 17.1 Å². The molecule has 3 saturated heterocycles. The highest BCUT2D eigenvalue weighted by Gasteiger charge is 2.35. The van der Waals surface area contributed by atoms with E-state index >= 15 is 8.78 Å². The highest BCUT2D eigenvalue weighted by molar-refractivity contribution is 6.05. The number of benzene rings is 2. The predicted octanol–water partition coefficient (Wildman–Crippen LogP) is 5.79. The van der Waals surface area contributed by atoms with Gasteiger partial charge in [-0.15, -0.1) is 0 Å². The number of pyridine rings is 1. The Morgan fingerprint density at radius 3 is 2.33 bits per heavy atom. The Kier molecular flexibility index (Phi) is 10.2. The molecule has 5 aliphatic rings. The van der Waals surface area contributed by atoms with Crippen molar-refractivity contribution in [1.82, 2.24) is 34.5 Å². The maximum Gasteiger partial charge on any atom is 0.258 e. The first-order valence-electron chi connectivity index (χ1n) is 21.6. The third kappa shape index (κ3) is 7.59. The topological polar surface area (TPSA) is 143 Å². The number of nitrogens with one attached hydrogen (secondary N) is 2. The van der Waals surface area contributed by atoms with Crippen LogP contribution in [0.25, 0.3) is 22.3 Å². The third-order valence-corrected chi connectivity index (χ3v) is 13.6. The predicted molar refractivity (Wildman–Crippen MR) is 226 cm³/mol. The number of piperazine rings is 1. The number of imidazole rings is 1. The standard InChI is InChI=1S/C45H50F2N10O4/c1-26-17-29-19-38(49-26)34-23-48-53(2)44(34)61-25-28-4-3-27(18-28)24-57-39-22-31(5-7-37(39)50-45(57)52-42(29)59)56-15-13-55(14-16-56)30-9-11-54(12-10-30)32-20-35(46)41(36(47)21-32)33-6-8-40(58)51-43(33)60/h5,7,17,19-23,27-28,30,33H,3-4,6,8-16,18,24-25H2,1-2H3,(H,50,52,59)(H,51,58,60)/t27-,28+,33-/m1/s1. The van der Waals surface area contributed by atoms with Crippen molar-refractivity contribution in [2.24, 2.45) is 18.9 Å². The van der Waals surface area contributed by atoms with Crippen LogP contribution < -0.4 is 25.2 Å². The van der Waals surface area contributed by atoms with Gasteiger partial charge in [0.25, 0.3) is 5.91 Å². The van der Waals surface area contributed by atoms with Crippen molar-refractivity contribution < 1.29 is 27.9 Å². The summed E-state index contributed by atoms with van der Waals surface area (Å²) in [5, 5.41) is 9.82. The van der Waals surface area contributed by atoms with E-state index in [9.17, 15) is 14.4 Å². The molecule has 0 radical (unpaired) electrons. The Hall–Kier alpha value is -5.90. The van der Waals surface area contributed by atoms with Gasteiger partial charge >= 0.3 is 0 Å². The van der Waals surface area contributed by atoms with Gasteiger partial charge in [-0.2, -0.15) is 5.10 Å². The highest BCUT2D eigenvalue weighted by atomic mass is 19.1. The van der Waals surface area contributed by atoms with E-state index in [0.29, 0.717) is 72.0 Å². The molecule has 5 aromatic rings. The molecule has 4 aliphatic heterocycles. The lowest BCUT2D eigenvalue weighted by Gasteiger charge is -2.44. The SMILES string of the molecule is Cc1cc2cc(n1)-c1cnn(C)c1OC[C@H]1CC[C@H](C1)Cn1c(nc3ccc(N4CCN(C5CCN(c6cc(F)c([C@H]7CCC(=O)NC7=O)c(F)c6)CC5)CC4)cc31)NC2=O. The van der Waals surface area contributed by atoms with Crippen LogP contribution in [0.3, 0.4) is 0 Å². The average Bonchev–Trinajstić information content (AvgIpc) is 3.96. The number of hydrogen-bond acceptors (Lipinski definition) is 10. The van der Waals surface area contributed by atoms with Crippen molar-refractivity contribution in [3.05, 3.63) is 77.1 Å². The Balaban J connectivity index is 0.824. The summed E-state index contributed by atoms with van der Waals surface area (Å²) in [6, 6.07) is 13.0. The number of anilines is 3. The average molecular weight is 833 g/mol. The molecule has 318 valence electrons. The monoisotopic (exact) mass is 832 g/mol. The van der Waals surface area contributed by atoms with Crippen LogP contribution in [0, 0.1) is 30.4 Å². The molecule has 16 heteroatoms. The van der Waals surface area contributed by atoms with Crippen molar-refractivity contribution in [1.29, 1.82) is 0 Å². The Morgan fingerprint density at radius 1 is 0.803 bits per heavy atom. The lowest BCUT2D eigenvalue weighted by molar-refractivity contribution is -0.134. The summed E-state index contributed by atoms with van der Waals surface area (Å²) in [7, 11) is 1.86. The number of nitrogens with zero attached hydrogens (tertiary/aromatic N) is 8. The van der Waals surface area contributed by atoms with E-state index in [1.807, 2.05) is 18.9 Å². The second kappa shape index (κ2) is 15.9. The van der Waals surface area contributed by atoms with Crippen LogP contribution >= 0.6 is 0 Å². The molecule has 0 spiro atoms. The highest BCUT2D eigenvalue weighted by Crippen LogP contribution is 2.38. The first-order valence-corrected chi connectivity index (χ1v) is 21.6. The van der Waals surface area contributed by atoms with Crippen LogP contribution in [0.1, 0.15) is 72.5 Å². The van der Waals surface area contributed by atoms with E-state index in [0.717, 1.165) is 87.1 Å². The van der Waals surface area contributed by atoms with Gasteiger partial charge in [0.1, 0.15) is 11.6 Å². The summed E-state index contributed by atoms with van der Waals surface area (Å²) in [5.74, 6) is -1.84. The summed E-state index contributed by atoms with van der Waals surface area (Å²) in [6.45, 7) is 8.05. The summed E-state index contributed by atoms with van der Waals surface area (Å²) in [5.41, 5.74) is 5.77. The van der Waals surface area contributed by atoms with Crippen LogP contribution in [-0.2, 0) is 23.2 Å². The molecular formula is C45H50F2N10O4. The number of carbonyl (C=O) groups is 3. The summed E-state index contributed by atoms with van der Waals surface area (Å²) < 4.78 is 41.0. The number of imide groups is 1. The smallest absolute Gasteiger partial charge is 0.258 e. The van der Waals surface area contributed by atoms with Crippen molar-refractivity contribution in [2.45, 2.75) is 70.4 Å². The molecule has 0 unspecified atom stereocenters. The van der Waals surface area contributed by atoms with E-state index in [1.165, 1.54) is 12.1 Å². The van der Waals surface area contributed by atoms with Gasteiger partial charge in [-0.25, -0.2) is 18.4 Å². The van der Waals surface area contributed by atoms with Gasteiger partial charge in [-0.3, -0.25) is 34.9 Å². The van der Waals surface area contributed by atoms with Gasteiger partial charge in [0.15, 0.2) is 0 Å². The lowest BCUT2D eigenvalue weighted by Crippen LogP contribution is -2.53. The van der Waals surface area contributed by atoms with E-state index < -0.39 is 29.4 Å². The third-order valence-electron chi connectivity index (χ3n) is 13.6. The Morgan fingerprint density at radius 2 is 1.56 bits per heavy atom. The Bertz CT molecular complexity index is 2520. The van der Waals surface area contributed by atoms with Gasteiger partial charge in [-0.05, 0) is 99.7 Å². The van der Waals surface area contributed by atoms with Crippen LogP contribution in [-0.4, -0.2) is 98.9 Å². The number of rotatable bonds is 4. The number of piperidine rings is 2. The second-order valence-corrected chi connectivity index (χ2v) is 17.5. The molecule has 7 heterocycles. The number of fused-ring (bicyclic) bond motifs is 9. The molecular weight excluding hydrogens is 783 g/mol. The first-order chi connectivity index (χ1) is 29.5. The molecule has 1 aliphatic carbocycles. The van der Waals surface area contributed by atoms with Crippen molar-refractivity contribution >= 4 is 46.1 Å². The minimum atomic E-state index is -1.01. The van der Waals surface area contributed by atoms with Crippen LogP contribution in [0.2, 0.25) is 0 Å². The van der Waals surface area contributed by atoms with Crippen LogP contribution in [0.5, 0.6) is 5.88 Å². The van der Waals surface area contributed by atoms with E-state index in [2.05, 4.69) is 48.3 Å². The number of aryl methyl sites for hydroxylation is 2. The number of halogens is 2. The molecule has 10 rings (SSSR count). The van der Waals surface area contributed by atoms with Gasteiger partial charge in [0.2, 0.25) is 23.6 Å². The summed E-state index contributed by atoms with van der Waals surface area (Å²) in [6.07, 6.45) is 6.77. The maximum atomic E-state index is 15.3. The van der Waals surface area contributed by atoms with Gasteiger partial charge < -0.3 is 19.1 Å². The van der Waals surface area contributed by atoms with Crippen molar-refractivity contribution in [2.75, 3.05) is 61.0 Å². The molecule has 4 fully saturated rings. The normalized spacial score (nSPS) is 22.9. The second-order valence-electron chi connectivity index (χ2n) is 17.5. The minimum Gasteiger partial charge on any atom is -0.477 e. The lowest BCUT2D eigenvalue weighted by atomic mass is 9.89. The minimum absolute atomic E-state index is 0.0584. The molecule has 4 bridgehead atoms. The zero-order chi connectivity index (χ0) is 41.9. The number of amides is 3.